The topological polar surface area (TPSA) is 66.4 Å². The number of hydrogen-bond acceptors (Lipinski definition) is 4. The first-order valence-corrected chi connectivity index (χ1v) is 6.47. The Hall–Kier alpha value is -1.48. The van der Waals surface area contributed by atoms with Crippen LogP contribution >= 0.6 is 0 Å². The predicted molar refractivity (Wildman–Crippen MR) is 55.2 cm³/mol. The summed E-state index contributed by atoms with van der Waals surface area (Å²) in [6.07, 6.45) is 1.13. The second-order valence-electron chi connectivity index (χ2n) is 5.63. The maximum Gasteiger partial charge on any atom is 0.411 e. The number of carbonyl (C=O) groups excluding carboxylic acids is 2. The third-order valence-electron chi connectivity index (χ3n) is 4.23. The number of ether oxygens (including phenoxy) is 1. The molecule has 0 aromatic heterocycles. The van der Waals surface area contributed by atoms with Gasteiger partial charge in [-0.2, -0.15) is 26.3 Å². The molecule has 2 aliphatic carbocycles. The van der Waals surface area contributed by atoms with Crippen molar-refractivity contribution in [2.24, 2.45) is 11.8 Å². The summed E-state index contributed by atoms with van der Waals surface area (Å²) in [7, 11) is 0. The zero-order valence-electron chi connectivity index (χ0n) is 11.0. The van der Waals surface area contributed by atoms with Crippen molar-refractivity contribution in [1.29, 1.82) is 0 Å². The smallest absolute Gasteiger partial charge is 0.411 e. The molecule has 126 valence electrons. The van der Waals surface area contributed by atoms with E-state index in [-0.39, 0.29) is 18.3 Å². The average molecular weight is 333 g/mol. The van der Waals surface area contributed by atoms with Gasteiger partial charge < -0.3 is 14.6 Å². The number of carboxylic acids is 1. The molecular weight excluding hydrogens is 322 g/mol. The molecule has 0 aliphatic heterocycles. The van der Waals surface area contributed by atoms with Crippen molar-refractivity contribution in [3.8, 4) is 0 Å². The summed E-state index contributed by atoms with van der Waals surface area (Å²) in [5.41, 5.74) is 0. The summed E-state index contributed by atoms with van der Waals surface area (Å²) < 4.78 is 82.7. The molecule has 2 aliphatic rings. The van der Waals surface area contributed by atoms with Gasteiger partial charge in [0.1, 0.15) is 12.1 Å². The number of hydrogen-bond donors (Lipinski definition) is 0. The summed E-state index contributed by atoms with van der Waals surface area (Å²) in [4.78, 5) is 21.2. The van der Waals surface area contributed by atoms with Crippen LogP contribution in [0.2, 0.25) is 0 Å². The minimum atomic E-state index is -6.46. The van der Waals surface area contributed by atoms with Crippen molar-refractivity contribution < 1.29 is 45.8 Å². The van der Waals surface area contributed by atoms with E-state index in [1.54, 1.807) is 0 Å². The molecule has 2 saturated carbocycles. The highest BCUT2D eigenvalue weighted by molar-refractivity contribution is 5.83. The van der Waals surface area contributed by atoms with Crippen LogP contribution in [0.5, 0.6) is 0 Å². The number of fused-ring (bicyclic) bond motifs is 2. The Labute approximate surface area is 120 Å². The van der Waals surface area contributed by atoms with E-state index in [0.717, 1.165) is 6.42 Å². The lowest BCUT2D eigenvalue weighted by Gasteiger charge is -2.33. The summed E-state index contributed by atoms with van der Waals surface area (Å²) in [5.74, 6) is -25.4. The highest BCUT2D eigenvalue weighted by Gasteiger charge is 2.76. The molecule has 3 atom stereocenters. The SMILES string of the molecule is O=C([O-])C(F)(F)C(F)(F)C(F)(F)C(=O)OC1CC2CCC1C2. The van der Waals surface area contributed by atoms with Crippen molar-refractivity contribution in [2.45, 2.75) is 49.6 Å². The van der Waals surface area contributed by atoms with E-state index in [0.29, 0.717) is 12.8 Å². The number of carboxylic acid groups (broad SMARTS) is 1. The first kappa shape index (κ1) is 16.9. The third kappa shape index (κ3) is 2.32. The van der Waals surface area contributed by atoms with Gasteiger partial charge in [0.2, 0.25) is 0 Å². The molecule has 0 heterocycles. The van der Waals surface area contributed by atoms with Gasteiger partial charge >= 0.3 is 23.7 Å². The van der Waals surface area contributed by atoms with Crippen LogP contribution in [0.4, 0.5) is 26.3 Å². The lowest BCUT2D eigenvalue weighted by atomic mass is 9.97. The van der Waals surface area contributed by atoms with Gasteiger partial charge in [-0.3, -0.25) is 0 Å². The molecule has 0 spiro atoms. The second-order valence-corrected chi connectivity index (χ2v) is 5.63. The summed E-state index contributed by atoms with van der Waals surface area (Å²) in [5, 5.41) is 9.96. The van der Waals surface area contributed by atoms with Gasteiger partial charge in [-0.1, -0.05) is 0 Å². The fourth-order valence-electron chi connectivity index (χ4n) is 3.00. The van der Waals surface area contributed by atoms with Gasteiger partial charge in [0.25, 0.3) is 0 Å². The molecular formula is C12H11F6O4-. The van der Waals surface area contributed by atoms with E-state index < -0.39 is 35.8 Å². The molecule has 10 heteroatoms. The molecule has 4 nitrogen and oxygen atoms in total. The predicted octanol–water partition coefficient (Wildman–Crippen LogP) is 1.37. The number of carbonyl (C=O) groups is 2. The highest BCUT2D eigenvalue weighted by atomic mass is 19.3. The summed E-state index contributed by atoms with van der Waals surface area (Å²) in [6, 6.07) is 0. The third-order valence-corrected chi connectivity index (χ3v) is 4.23. The van der Waals surface area contributed by atoms with Crippen LogP contribution in [-0.4, -0.2) is 35.8 Å². The van der Waals surface area contributed by atoms with Gasteiger partial charge in [0.15, 0.2) is 0 Å². The average Bonchev–Trinajstić information content (AvgIpc) is 3.00. The van der Waals surface area contributed by atoms with Crippen LogP contribution in [0.25, 0.3) is 0 Å². The minimum Gasteiger partial charge on any atom is -0.544 e. The molecule has 2 rings (SSSR count). The van der Waals surface area contributed by atoms with E-state index in [1.807, 2.05) is 0 Å². The number of rotatable bonds is 5. The zero-order valence-corrected chi connectivity index (χ0v) is 11.0. The van der Waals surface area contributed by atoms with Crippen LogP contribution in [-0.2, 0) is 14.3 Å². The van der Waals surface area contributed by atoms with Crippen molar-refractivity contribution in [1.82, 2.24) is 0 Å². The van der Waals surface area contributed by atoms with Crippen LogP contribution in [0.15, 0.2) is 0 Å². The molecule has 0 radical (unpaired) electrons. The van der Waals surface area contributed by atoms with E-state index in [4.69, 9.17) is 0 Å². The molecule has 0 saturated heterocycles. The minimum absolute atomic E-state index is 0.126. The van der Waals surface area contributed by atoms with E-state index in [2.05, 4.69) is 4.74 Å². The summed E-state index contributed by atoms with van der Waals surface area (Å²) in [6.45, 7) is 0. The fraction of sp³-hybridized carbons (Fsp3) is 0.833. The molecule has 2 fully saturated rings. The van der Waals surface area contributed by atoms with E-state index >= 15 is 0 Å². The Kier molecular flexibility index (Phi) is 3.85. The normalized spacial score (nSPS) is 28.7. The van der Waals surface area contributed by atoms with Crippen molar-refractivity contribution in [3.63, 3.8) is 0 Å². The van der Waals surface area contributed by atoms with Gasteiger partial charge in [0.05, 0.1) is 0 Å². The van der Waals surface area contributed by atoms with Gasteiger partial charge in [-0.25, -0.2) is 4.79 Å². The Balaban J connectivity index is 2.14. The Morgan fingerprint density at radius 2 is 1.55 bits per heavy atom. The molecule has 3 unspecified atom stereocenters. The lowest BCUT2D eigenvalue weighted by Crippen LogP contribution is -2.64. The van der Waals surface area contributed by atoms with Crippen LogP contribution in [0.3, 0.4) is 0 Å². The van der Waals surface area contributed by atoms with Gasteiger partial charge in [0, 0.05) is 0 Å². The van der Waals surface area contributed by atoms with E-state index in [9.17, 15) is 41.0 Å². The maximum atomic E-state index is 13.4. The summed E-state index contributed by atoms with van der Waals surface area (Å²) >= 11 is 0. The standard InChI is InChI=1S/C12H12F6O4/c13-10(14,8(19)20)12(17,18)11(15,16)9(21)22-7-4-5-1-2-6(7)3-5/h5-7H,1-4H2,(H,19,20)/p-1. The Morgan fingerprint density at radius 1 is 0.955 bits per heavy atom. The Bertz CT molecular complexity index is 492. The maximum absolute atomic E-state index is 13.4. The lowest BCUT2D eigenvalue weighted by molar-refractivity contribution is -0.366. The van der Waals surface area contributed by atoms with E-state index in [1.165, 1.54) is 0 Å². The molecule has 2 bridgehead atoms. The molecule has 22 heavy (non-hydrogen) atoms. The second kappa shape index (κ2) is 5.02. The molecule has 0 amide bonds. The Morgan fingerprint density at radius 3 is 1.95 bits per heavy atom. The highest BCUT2D eigenvalue weighted by Crippen LogP contribution is 2.49. The van der Waals surface area contributed by atoms with Crippen molar-refractivity contribution in [2.75, 3.05) is 0 Å². The first-order valence-electron chi connectivity index (χ1n) is 6.47. The molecule has 0 aromatic rings. The van der Waals surface area contributed by atoms with Gasteiger partial charge in [-0.05, 0) is 37.5 Å². The largest absolute Gasteiger partial charge is 0.544 e. The number of halogens is 6. The monoisotopic (exact) mass is 333 g/mol. The fourth-order valence-corrected chi connectivity index (χ4v) is 3.00. The van der Waals surface area contributed by atoms with Crippen LogP contribution < -0.4 is 5.11 Å². The molecule has 0 N–H and O–H groups in total. The first-order chi connectivity index (χ1) is 9.91. The van der Waals surface area contributed by atoms with Crippen molar-refractivity contribution >= 4 is 11.9 Å². The van der Waals surface area contributed by atoms with Crippen LogP contribution in [0, 0.1) is 11.8 Å². The van der Waals surface area contributed by atoms with Gasteiger partial charge in [-0.15, -0.1) is 0 Å². The quantitative estimate of drug-likeness (QED) is 0.563. The van der Waals surface area contributed by atoms with Crippen LogP contribution in [0.1, 0.15) is 25.7 Å². The number of aliphatic carboxylic acids is 1. The number of alkyl halides is 6. The van der Waals surface area contributed by atoms with Crippen molar-refractivity contribution in [3.05, 3.63) is 0 Å². The molecule has 0 aromatic carbocycles. The zero-order chi connectivity index (χ0) is 16.9. The number of esters is 1.